The molecular formula is C14H16N6O2. The second kappa shape index (κ2) is 5.06. The van der Waals surface area contributed by atoms with Crippen LogP contribution in [0.4, 0.5) is 5.82 Å². The number of fused-ring (bicyclic) bond motifs is 1. The van der Waals surface area contributed by atoms with Gasteiger partial charge in [-0.3, -0.25) is 0 Å². The first-order valence-corrected chi connectivity index (χ1v) is 7.16. The van der Waals surface area contributed by atoms with Crippen LogP contribution in [0.15, 0.2) is 23.2 Å². The van der Waals surface area contributed by atoms with Crippen LogP contribution in [0.25, 0.3) is 11.1 Å². The molecule has 8 nitrogen and oxygen atoms in total. The third-order valence-electron chi connectivity index (χ3n) is 3.97. The molecule has 0 saturated carbocycles. The highest BCUT2D eigenvalue weighted by Crippen LogP contribution is 2.32. The monoisotopic (exact) mass is 300 g/mol. The summed E-state index contributed by atoms with van der Waals surface area (Å²) in [7, 11) is 1.97. The molecule has 1 N–H and O–H groups in total. The van der Waals surface area contributed by atoms with Gasteiger partial charge < -0.3 is 19.1 Å². The van der Waals surface area contributed by atoms with Crippen molar-refractivity contribution < 1.29 is 9.26 Å². The number of hydrogen-bond donors (Lipinski definition) is 1. The van der Waals surface area contributed by atoms with Crippen molar-refractivity contribution in [2.24, 2.45) is 7.05 Å². The van der Waals surface area contributed by atoms with Crippen molar-refractivity contribution in [1.29, 1.82) is 0 Å². The summed E-state index contributed by atoms with van der Waals surface area (Å²) < 4.78 is 13.0. The summed E-state index contributed by atoms with van der Waals surface area (Å²) in [6.45, 7) is 2.56. The summed E-state index contributed by atoms with van der Waals surface area (Å²) in [5.41, 5.74) is 1.26. The third kappa shape index (κ3) is 2.03. The van der Waals surface area contributed by atoms with E-state index in [1.807, 2.05) is 24.7 Å². The molecule has 1 aliphatic heterocycles. The topological polar surface area (TPSA) is 90.9 Å². The summed E-state index contributed by atoms with van der Waals surface area (Å²) in [6.07, 6.45) is 5.95. The van der Waals surface area contributed by atoms with Gasteiger partial charge in [0.1, 0.15) is 29.5 Å². The molecule has 0 aliphatic carbocycles. The van der Waals surface area contributed by atoms with Gasteiger partial charge in [0.05, 0.1) is 11.7 Å². The molecule has 22 heavy (non-hydrogen) atoms. The molecule has 2 atom stereocenters. The minimum Gasteiger partial charge on any atom is -0.368 e. The molecule has 8 heteroatoms. The zero-order valence-electron chi connectivity index (χ0n) is 12.4. The second-order valence-electron chi connectivity index (χ2n) is 5.40. The molecule has 0 aromatic carbocycles. The number of aryl methyl sites for hydroxylation is 2. The lowest BCUT2D eigenvalue weighted by atomic mass is 10.1. The normalized spacial score (nSPS) is 21.5. The zero-order valence-corrected chi connectivity index (χ0v) is 12.4. The van der Waals surface area contributed by atoms with Crippen molar-refractivity contribution in [2.75, 3.05) is 11.9 Å². The Hall–Kier alpha value is -2.48. The van der Waals surface area contributed by atoms with Crippen molar-refractivity contribution in [3.63, 3.8) is 0 Å². The summed E-state index contributed by atoms with van der Waals surface area (Å²) in [5, 5.41) is 8.21. The first-order chi connectivity index (χ1) is 10.7. The van der Waals surface area contributed by atoms with E-state index in [0.29, 0.717) is 12.3 Å². The SMILES string of the molecule is Cc1noc2ncnc(N[C@H]3CCO[C@@H]3c3nccn3C)c12. The van der Waals surface area contributed by atoms with Gasteiger partial charge in [-0.1, -0.05) is 5.16 Å². The quantitative estimate of drug-likeness (QED) is 0.785. The lowest BCUT2D eigenvalue weighted by Gasteiger charge is -2.20. The van der Waals surface area contributed by atoms with E-state index < -0.39 is 0 Å². The Balaban J connectivity index is 1.67. The van der Waals surface area contributed by atoms with E-state index >= 15 is 0 Å². The molecule has 1 saturated heterocycles. The maximum Gasteiger partial charge on any atom is 0.263 e. The molecule has 0 radical (unpaired) electrons. The fraction of sp³-hybridized carbons (Fsp3) is 0.429. The van der Waals surface area contributed by atoms with Gasteiger partial charge in [0, 0.05) is 26.0 Å². The Bertz CT molecular complexity index is 811. The van der Waals surface area contributed by atoms with Crippen LogP contribution in [0.3, 0.4) is 0 Å². The Kier molecular flexibility index (Phi) is 3.04. The molecular weight excluding hydrogens is 284 g/mol. The number of ether oxygens (including phenoxy) is 1. The Morgan fingerprint density at radius 2 is 2.23 bits per heavy atom. The smallest absolute Gasteiger partial charge is 0.263 e. The van der Waals surface area contributed by atoms with Crippen LogP contribution in [-0.4, -0.2) is 37.3 Å². The number of aromatic nitrogens is 5. The maximum atomic E-state index is 5.86. The van der Waals surface area contributed by atoms with Crippen LogP contribution in [0.5, 0.6) is 0 Å². The minimum absolute atomic E-state index is 0.0912. The summed E-state index contributed by atoms with van der Waals surface area (Å²) in [6, 6.07) is 0.0912. The maximum absolute atomic E-state index is 5.86. The van der Waals surface area contributed by atoms with Crippen LogP contribution in [0.1, 0.15) is 24.0 Å². The standard InChI is InChI=1S/C14H16N6O2/c1-8-10-12(16-7-17-14(10)22-19-8)18-9-3-6-21-11(9)13-15-4-5-20(13)2/h4-5,7,9,11H,3,6H2,1-2H3,(H,16,17,18)/t9-,11-/m0/s1. The molecule has 1 aliphatic rings. The van der Waals surface area contributed by atoms with Crippen molar-refractivity contribution in [1.82, 2.24) is 24.7 Å². The average Bonchev–Trinajstić information content (AvgIpc) is 3.21. The number of imidazole rings is 1. The fourth-order valence-corrected chi connectivity index (χ4v) is 2.85. The molecule has 0 bridgehead atoms. The van der Waals surface area contributed by atoms with E-state index in [9.17, 15) is 0 Å². The van der Waals surface area contributed by atoms with Crippen molar-refractivity contribution >= 4 is 16.9 Å². The van der Waals surface area contributed by atoms with Crippen LogP contribution < -0.4 is 5.32 Å². The summed E-state index contributed by atoms with van der Waals surface area (Å²) in [5.74, 6) is 1.63. The van der Waals surface area contributed by atoms with Gasteiger partial charge in [-0.2, -0.15) is 4.98 Å². The van der Waals surface area contributed by atoms with Crippen LogP contribution in [-0.2, 0) is 11.8 Å². The highest BCUT2D eigenvalue weighted by atomic mass is 16.5. The molecule has 4 rings (SSSR count). The predicted octanol–water partition coefficient (Wildman–Crippen LogP) is 1.60. The van der Waals surface area contributed by atoms with Crippen LogP contribution >= 0.6 is 0 Å². The molecule has 3 aromatic heterocycles. The summed E-state index contributed by atoms with van der Waals surface area (Å²) >= 11 is 0. The number of nitrogens with zero attached hydrogens (tertiary/aromatic N) is 5. The van der Waals surface area contributed by atoms with Crippen LogP contribution in [0.2, 0.25) is 0 Å². The number of anilines is 1. The summed E-state index contributed by atoms with van der Waals surface area (Å²) in [4.78, 5) is 12.8. The molecule has 0 amide bonds. The van der Waals surface area contributed by atoms with Gasteiger partial charge in [-0.25, -0.2) is 9.97 Å². The van der Waals surface area contributed by atoms with E-state index in [0.717, 1.165) is 29.1 Å². The highest BCUT2D eigenvalue weighted by molar-refractivity contribution is 5.87. The molecule has 0 unspecified atom stereocenters. The van der Waals surface area contributed by atoms with Gasteiger partial charge in [0.15, 0.2) is 0 Å². The average molecular weight is 300 g/mol. The van der Waals surface area contributed by atoms with Crippen LogP contribution in [0, 0.1) is 6.92 Å². The highest BCUT2D eigenvalue weighted by Gasteiger charge is 2.33. The lowest BCUT2D eigenvalue weighted by molar-refractivity contribution is 0.0983. The second-order valence-corrected chi connectivity index (χ2v) is 5.40. The molecule has 0 spiro atoms. The number of hydrogen-bond acceptors (Lipinski definition) is 7. The van der Waals surface area contributed by atoms with Crippen molar-refractivity contribution in [2.45, 2.75) is 25.5 Å². The minimum atomic E-state index is -0.106. The molecule has 3 aromatic rings. The first kappa shape index (κ1) is 13.2. The van der Waals surface area contributed by atoms with Gasteiger partial charge >= 0.3 is 0 Å². The number of nitrogens with one attached hydrogen (secondary N) is 1. The Morgan fingerprint density at radius 3 is 3.05 bits per heavy atom. The van der Waals surface area contributed by atoms with Gasteiger partial charge in [0.25, 0.3) is 5.71 Å². The largest absolute Gasteiger partial charge is 0.368 e. The van der Waals surface area contributed by atoms with E-state index in [-0.39, 0.29) is 12.1 Å². The molecule has 4 heterocycles. The van der Waals surface area contributed by atoms with E-state index in [1.54, 1.807) is 6.20 Å². The van der Waals surface area contributed by atoms with Crippen molar-refractivity contribution in [3.8, 4) is 0 Å². The zero-order chi connectivity index (χ0) is 15.1. The predicted molar refractivity (Wildman–Crippen MR) is 78.3 cm³/mol. The molecule has 114 valence electrons. The first-order valence-electron chi connectivity index (χ1n) is 7.16. The van der Waals surface area contributed by atoms with E-state index in [2.05, 4.69) is 25.4 Å². The lowest BCUT2D eigenvalue weighted by Crippen LogP contribution is -2.25. The number of rotatable bonds is 3. The van der Waals surface area contributed by atoms with E-state index in [1.165, 1.54) is 6.33 Å². The van der Waals surface area contributed by atoms with Crippen molar-refractivity contribution in [3.05, 3.63) is 30.2 Å². The Labute approximate surface area is 126 Å². The molecule has 1 fully saturated rings. The van der Waals surface area contributed by atoms with Gasteiger partial charge in [-0.05, 0) is 13.3 Å². The fourth-order valence-electron chi connectivity index (χ4n) is 2.85. The third-order valence-corrected chi connectivity index (χ3v) is 3.97. The van der Waals surface area contributed by atoms with Gasteiger partial charge in [-0.15, -0.1) is 0 Å². The van der Waals surface area contributed by atoms with Gasteiger partial charge in [0.2, 0.25) is 0 Å². The van der Waals surface area contributed by atoms with E-state index in [4.69, 9.17) is 9.26 Å². The Morgan fingerprint density at radius 1 is 1.32 bits per heavy atom.